The minimum atomic E-state index is -3.98. The van der Waals surface area contributed by atoms with Crippen molar-refractivity contribution in [2.45, 2.75) is 30.8 Å². The third kappa shape index (κ3) is 3.93. The highest BCUT2D eigenvalue weighted by atomic mass is 32.2. The average molecular weight is 383 g/mol. The third-order valence-electron chi connectivity index (χ3n) is 4.11. The van der Waals surface area contributed by atoms with Gasteiger partial charge in [-0.2, -0.15) is 4.98 Å². The highest BCUT2D eigenvalue weighted by Crippen LogP contribution is 2.26. The van der Waals surface area contributed by atoms with Crippen LogP contribution in [0.2, 0.25) is 0 Å². The summed E-state index contributed by atoms with van der Waals surface area (Å²) in [5, 5.41) is 7.27. The molecule has 0 spiro atoms. The van der Waals surface area contributed by atoms with Gasteiger partial charge in [-0.3, -0.25) is 4.90 Å². The molecule has 3 rings (SSSR count). The van der Waals surface area contributed by atoms with Crippen molar-refractivity contribution in [3.8, 4) is 11.5 Å². The lowest BCUT2D eigenvalue weighted by Gasteiger charge is -2.30. The van der Waals surface area contributed by atoms with E-state index in [1.807, 2.05) is 7.05 Å². The molecule has 0 amide bonds. The Hall–Kier alpha value is -1.88. The van der Waals surface area contributed by atoms with Crippen LogP contribution in [0.15, 0.2) is 27.6 Å². The third-order valence-corrected chi connectivity index (χ3v) is 5.78. The molecule has 1 saturated heterocycles. The summed E-state index contributed by atoms with van der Waals surface area (Å²) in [6.45, 7) is 5.77. The van der Waals surface area contributed by atoms with Gasteiger partial charge in [0.15, 0.2) is 5.82 Å². The van der Waals surface area contributed by atoms with Crippen LogP contribution >= 0.6 is 0 Å². The summed E-state index contributed by atoms with van der Waals surface area (Å²) in [5.41, 5.74) is 0.348. The topological polar surface area (TPSA) is 100 Å². The Morgan fingerprint density at radius 3 is 2.88 bits per heavy atom. The lowest BCUT2D eigenvalue weighted by atomic mass is 10.2. The van der Waals surface area contributed by atoms with E-state index in [9.17, 15) is 12.8 Å². The molecule has 0 saturated carbocycles. The normalized spacial score (nSPS) is 19.2. The van der Waals surface area contributed by atoms with E-state index in [2.05, 4.69) is 25.1 Å². The quantitative estimate of drug-likeness (QED) is 0.798. The fourth-order valence-electron chi connectivity index (χ4n) is 2.80. The first-order chi connectivity index (χ1) is 12.3. The standard InChI is InChI=1S/C16H22FN5O3S/c1-10(2)21-26(23,24)14-8-11(4-5-12(14)17)16-19-15(20-25-16)13-9-18-6-7-22(13)3/h4-5,8,10,13,18,21H,6-7,9H2,1-3H3. The van der Waals surface area contributed by atoms with Crippen molar-refractivity contribution < 1.29 is 17.3 Å². The fourth-order valence-corrected chi connectivity index (χ4v) is 4.15. The van der Waals surface area contributed by atoms with E-state index < -0.39 is 20.7 Å². The van der Waals surface area contributed by atoms with Crippen LogP contribution in [0.1, 0.15) is 25.7 Å². The lowest BCUT2D eigenvalue weighted by Crippen LogP contribution is -2.44. The van der Waals surface area contributed by atoms with E-state index in [0.29, 0.717) is 17.9 Å². The summed E-state index contributed by atoms with van der Waals surface area (Å²) in [4.78, 5) is 6.04. The summed E-state index contributed by atoms with van der Waals surface area (Å²) in [7, 11) is -2.00. The van der Waals surface area contributed by atoms with Gasteiger partial charge in [-0.25, -0.2) is 17.5 Å². The number of benzene rings is 1. The van der Waals surface area contributed by atoms with Gasteiger partial charge in [0.1, 0.15) is 10.7 Å². The van der Waals surface area contributed by atoms with Crippen molar-refractivity contribution in [2.24, 2.45) is 0 Å². The maximum absolute atomic E-state index is 14.1. The fraction of sp³-hybridized carbons (Fsp3) is 0.500. The van der Waals surface area contributed by atoms with Crippen molar-refractivity contribution in [1.82, 2.24) is 25.1 Å². The van der Waals surface area contributed by atoms with Gasteiger partial charge < -0.3 is 9.84 Å². The van der Waals surface area contributed by atoms with E-state index in [1.54, 1.807) is 13.8 Å². The van der Waals surface area contributed by atoms with Crippen LogP contribution in [-0.4, -0.2) is 56.2 Å². The molecule has 2 N–H and O–H groups in total. The minimum absolute atomic E-state index is 0.0347. The highest BCUT2D eigenvalue weighted by Gasteiger charge is 2.26. The summed E-state index contributed by atoms with van der Waals surface area (Å²) in [6, 6.07) is 3.33. The van der Waals surface area contributed by atoms with Crippen LogP contribution in [0.5, 0.6) is 0 Å². The number of nitrogens with zero attached hydrogens (tertiary/aromatic N) is 3. The molecule has 1 aliphatic heterocycles. The second-order valence-electron chi connectivity index (χ2n) is 6.58. The molecule has 142 valence electrons. The molecule has 0 aliphatic carbocycles. The summed E-state index contributed by atoms with van der Waals surface area (Å²) in [6.07, 6.45) is 0. The van der Waals surface area contributed by atoms with Gasteiger partial charge in [0.2, 0.25) is 10.0 Å². The summed E-state index contributed by atoms with van der Waals surface area (Å²) < 4.78 is 46.4. The first kappa shape index (κ1) is 18.9. The van der Waals surface area contributed by atoms with E-state index in [1.165, 1.54) is 12.1 Å². The number of rotatable bonds is 5. The number of nitrogens with one attached hydrogen (secondary N) is 2. The molecular weight excluding hydrogens is 361 g/mol. The molecule has 1 aromatic heterocycles. The summed E-state index contributed by atoms with van der Waals surface area (Å²) >= 11 is 0. The molecular formula is C16H22FN5O3S. The molecule has 1 atom stereocenters. The van der Waals surface area contributed by atoms with Gasteiger partial charge in [-0.1, -0.05) is 5.16 Å². The smallest absolute Gasteiger partial charge is 0.258 e. The molecule has 10 heteroatoms. The largest absolute Gasteiger partial charge is 0.334 e. The first-order valence-electron chi connectivity index (χ1n) is 8.35. The highest BCUT2D eigenvalue weighted by molar-refractivity contribution is 7.89. The second kappa shape index (κ2) is 7.39. The van der Waals surface area contributed by atoms with Crippen molar-refractivity contribution >= 4 is 10.0 Å². The van der Waals surface area contributed by atoms with Gasteiger partial charge in [-0.15, -0.1) is 0 Å². The summed E-state index contributed by atoms with van der Waals surface area (Å²) in [5.74, 6) is -0.179. The maximum atomic E-state index is 14.1. The molecule has 2 heterocycles. The molecule has 8 nitrogen and oxygen atoms in total. The van der Waals surface area contributed by atoms with Gasteiger partial charge >= 0.3 is 0 Å². The number of halogens is 1. The average Bonchev–Trinajstić information content (AvgIpc) is 3.04. The molecule has 1 aliphatic rings. The zero-order valence-corrected chi connectivity index (χ0v) is 15.7. The van der Waals surface area contributed by atoms with Gasteiger partial charge in [0.05, 0.1) is 6.04 Å². The van der Waals surface area contributed by atoms with Gasteiger partial charge in [-0.05, 0) is 39.1 Å². The number of aromatic nitrogens is 2. The first-order valence-corrected chi connectivity index (χ1v) is 9.83. The van der Waals surface area contributed by atoms with E-state index in [4.69, 9.17) is 4.52 Å². The van der Waals surface area contributed by atoms with E-state index in [-0.39, 0.29) is 18.0 Å². The molecule has 26 heavy (non-hydrogen) atoms. The van der Waals surface area contributed by atoms with Crippen LogP contribution in [0.4, 0.5) is 4.39 Å². The Kier molecular flexibility index (Phi) is 5.37. The zero-order chi connectivity index (χ0) is 18.9. The van der Waals surface area contributed by atoms with Crippen LogP contribution in [0.3, 0.4) is 0 Å². The van der Waals surface area contributed by atoms with Crippen LogP contribution < -0.4 is 10.0 Å². The SMILES string of the molecule is CC(C)NS(=O)(=O)c1cc(-c2nc(C3CNCCN3C)no2)ccc1F. The predicted molar refractivity (Wildman–Crippen MR) is 93.4 cm³/mol. The van der Waals surface area contributed by atoms with Crippen LogP contribution in [0, 0.1) is 5.82 Å². The number of piperazine rings is 1. The van der Waals surface area contributed by atoms with E-state index in [0.717, 1.165) is 19.2 Å². The Morgan fingerprint density at radius 1 is 1.42 bits per heavy atom. The van der Waals surface area contributed by atoms with Crippen LogP contribution in [0.25, 0.3) is 11.5 Å². The molecule has 0 bridgehead atoms. The predicted octanol–water partition coefficient (Wildman–Crippen LogP) is 1.14. The van der Waals surface area contributed by atoms with Crippen molar-refractivity contribution in [3.63, 3.8) is 0 Å². The van der Waals surface area contributed by atoms with E-state index >= 15 is 0 Å². The monoisotopic (exact) mass is 383 g/mol. The number of sulfonamides is 1. The van der Waals surface area contributed by atoms with Crippen molar-refractivity contribution in [2.75, 3.05) is 26.7 Å². The lowest BCUT2D eigenvalue weighted by molar-refractivity contribution is 0.190. The van der Waals surface area contributed by atoms with Gasteiger partial charge in [0.25, 0.3) is 5.89 Å². The maximum Gasteiger partial charge on any atom is 0.258 e. The Balaban J connectivity index is 1.92. The van der Waals surface area contributed by atoms with Gasteiger partial charge in [0, 0.05) is 31.2 Å². The molecule has 2 aromatic rings. The molecule has 1 fully saturated rings. The van der Waals surface area contributed by atoms with Crippen molar-refractivity contribution in [3.05, 3.63) is 29.8 Å². The van der Waals surface area contributed by atoms with Crippen molar-refractivity contribution in [1.29, 1.82) is 0 Å². The molecule has 1 unspecified atom stereocenters. The Morgan fingerprint density at radius 2 is 2.19 bits per heavy atom. The number of hydrogen-bond donors (Lipinski definition) is 2. The molecule has 1 aromatic carbocycles. The minimum Gasteiger partial charge on any atom is -0.334 e. The Bertz CT molecular complexity index is 884. The number of hydrogen-bond acceptors (Lipinski definition) is 7. The number of likely N-dealkylation sites (N-methyl/N-ethyl adjacent to an activating group) is 1. The Labute approximate surface area is 151 Å². The zero-order valence-electron chi connectivity index (χ0n) is 14.9. The molecule has 0 radical (unpaired) electrons. The second-order valence-corrected chi connectivity index (χ2v) is 8.26. The van der Waals surface area contributed by atoms with Crippen LogP contribution in [-0.2, 0) is 10.0 Å².